The highest BCUT2D eigenvalue weighted by Gasteiger charge is 2.25. The van der Waals surface area contributed by atoms with Crippen LogP contribution in [0.3, 0.4) is 0 Å². The molecule has 190 valence electrons. The summed E-state index contributed by atoms with van der Waals surface area (Å²) < 4.78 is 5.52. The fourth-order valence-corrected chi connectivity index (χ4v) is 4.79. The summed E-state index contributed by atoms with van der Waals surface area (Å²) in [4.78, 5) is 9.06. The fraction of sp³-hybridized carbons (Fsp3) is 0.429. The number of ether oxygens (including phenoxy) is 1. The smallest absolute Gasteiger partial charge is 0.151 e. The van der Waals surface area contributed by atoms with Crippen molar-refractivity contribution in [1.82, 2.24) is 15.3 Å². The van der Waals surface area contributed by atoms with Crippen LogP contribution in [0.2, 0.25) is 0 Å². The van der Waals surface area contributed by atoms with Gasteiger partial charge in [-0.15, -0.1) is 0 Å². The fourth-order valence-electron chi connectivity index (χ4n) is 3.63. The molecule has 2 heterocycles. The van der Waals surface area contributed by atoms with Gasteiger partial charge in [-0.2, -0.15) is 11.8 Å². The van der Waals surface area contributed by atoms with Gasteiger partial charge in [0.1, 0.15) is 11.8 Å². The van der Waals surface area contributed by atoms with Gasteiger partial charge in [-0.05, 0) is 19.8 Å². The maximum absolute atomic E-state index is 7.00. The maximum Gasteiger partial charge on any atom is 0.151 e. The number of nitrogens with one attached hydrogen (secondary N) is 1. The number of rotatable bonds is 7. The molecule has 1 aliphatic heterocycles. The van der Waals surface area contributed by atoms with Crippen molar-refractivity contribution >= 4 is 23.3 Å². The molecule has 1 aromatic carbocycles. The van der Waals surface area contributed by atoms with Gasteiger partial charge in [-0.1, -0.05) is 75.4 Å². The molecule has 0 radical (unpaired) electrons. The lowest BCUT2D eigenvalue weighted by molar-refractivity contribution is 0.0399. The third-order valence-electron chi connectivity index (χ3n) is 5.40. The van der Waals surface area contributed by atoms with E-state index in [0.717, 1.165) is 49.1 Å². The lowest BCUT2D eigenvalue weighted by Gasteiger charge is -2.31. The average Bonchev–Trinajstić information content (AvgIpc) is 2.84. The number of hydrogen-bond acceptors (Lipinski definition) is 7. The summed E-state index contributed by atoms with van der Waals surface area (Å²) in [6.45, 7) is 14.3. The van der Waals surface area contributed by atoms with E-state index in [4.69, 9.17) is 20.6 Å². The molecule has 35 heavy (non-hydrogen) atoms. The highest BCUT2D eigenvalue weighted by Crippen LogP contribution is 2.31. The van der Waals surface area contributed by atoms with E-state index in [9.17, 15) is 0 Å². The minimum Gasteiger partial charge on any atom is -0.494 e. The second-order valence-corrected chi connectivity index (χ2v) is 9.88. The monoisotopic (exact) mass is 496 g/mol. The van der Waals surface area contributed by atoms with Crippen molar-refractivity contribution in [3.05, 3.63) is 72.8 Å². The predicted octanol–water partition coefficient (Wildman–Crippen LogP) is 5.74. The van der Waals surface area contributed by atoms with Gasteiger partial charge < -0.3 is 20.9 Å². The molecule has 2 aliphatic rings. The lowest BCUT2D eigenvalue weighted by atomic mass is 10.0. The van der Waals surface area contributed by atoms with Crippen molar-refractivity contribution in [2.75, 3.05) is 18.6 Å². The van der Waals surface area contributed by atoms with Crippen molar-refractivity contribution in [3.63, 3.8) is 0 Å². The zero-order valence-electron chi connectivity index (χ0n) is 21.5. The van der Waals surface area contributed by atoms with Crippen molar-refractivity contribution in [2.45, 2.75) is 63.9 Å². The Morgan fingerprint density at radius 2 is 1.86 bits per heavy atom. The van der Waals surface area contributed by atoms with E-state index in [1.54, 1.807) is 6.20 Å². The molecule has 4 N–H and O–H groups in total. The maximum atomic E-state index is 7.00. The first-order valence-electron chi connectivity index (χ1n) is 12.1. The summed E-state index contributed by atoms with van der Waals surface area (Å²) in [6.07, 6.45) is 11.0. The SMILES string of the molecule is C=C1CC(CSC2C=CC(NC(=C)c3nc(-c4ccc(C)cc4)cnc3N)CC2)O1.CCC.CO. The topological polar surface area (TPSA) is 93.3 Å². The molecular formula is C28H40N4O2S. The Bertz CT molecular complexity index is 983. The van der Waals surface area contributed by atoms with Gasteiger partial charge in [0.05, 0.1) is 23.3 Å². The van der Waals surface area contributed by atoms with E-state index in [1.807, 2.05) is 23.9 Å². The molecule has 0 spiro atoms. The standard InChI is InChI=1S/C24H28N4OS.C3H8.CH4O/c1-15-4-6-18(7-5-15)22-13-26-24(25)23(28-22)17(3)27-19-8-10-21(11-9-19)30-14-20-12-16(2)29-20;1-3-2;1-2/h4-8,10,13,19-21,27H,2-3,9,11-12,14H2,1H3,(H2,25,26);3H2,1-2H3;2H,1H3. The van der Waals surface area contributed by atoms with E-state index in [0.29, 0.717) is 28.6 Å². The minimum atomic E-state index is 0.221. The average molecular weight is 497 g/mol. The van der Waals surface area contributed by atoms with Crippen LogP contribution >= 0.6 is 11.8 Å². The third kappa shape index (κ3) is 8.75. The Morgan fingerprint density at radius 3 is 2.43 bits per heavy atom. The lowest BCUT2D eigenvalue weighted by Crippen LogP contribution is -2.31. The van der Waals surface area contributed by atoms with Crippen LogP contribution in [0.25, 0.3) is 17.0 Å². The summed E-state index contributed by atoms with van der Waals surface area (Å²) in [5, 5.41) is 11.0. The number of nitrogens with zero attached hydrogens (tertiary/aromatic N) is 2. The van der Waals surface area contributed by atoms with Crippen molar-refractivity contribution in [2.24, 2.45) is 0 Å². The Labute approximate surface area is 214 Å². The summed E-state index contributed by atoms with van der Waals surface area (Å²) >= 11 is 1.96. The van der Waals surface area contributed by atoms with Gasteiger partial charge in [-0.3, -0.25) is 0 Å². The first-order chi connectivity index (χ1) is 16.9. The summed E-state index contributed by atoms with van der Waals surface area (Å²) in [7, 11) is 1.00. The number of aromatic nitrogens is 2. The van der Waals surface area contributed by atoms with Crippen LogP contribution in [-0.2, 0) is 4.74 Å². The second kappa shape index (κ2) is 14.6. The highest BCUT2D eigenvalue weighted by molar-refractivity contribution is 8.00. The molecule has 1 aliphatic carbocycles. The Hall–Kier alpha value is -2.77. The Kier molecular flexibility index (Phi) is 11.9. The summed E-state index contributed by atoms with van der Waals surface area (Å²) in [5.41, 5.74) is 10.4. The molecule has 4 rings (SSSR count). The van der Waals surface area contributed by atoms with Crippen LogP contribution in [0.1, 0.15) is 50.8 Å². The van der Waals surface area contributed by atoms with E-state index in [1.165, 1.54) is 12.0 Å². The van der Waals surface area contributed by atoms with Crippen molar-refractivity contribution < 1.29 is 9.84 Å². The second-order valence-electron chi connectivity index (χ2n) is 8.61. The van der Waals surface area contributed by atoms with Crippen LogP contribution in [0.4, 0.5) is 5.82 Å². The Morgan fingerprint density at radius 1 is 1.20 bits per heavy atom. The molecule has 3 atom stereocenters. The molecule has 7 heteroatoms. The minimum absolute atomic E-state index is 0.221. The van der Waals surface area contributed by atoms with E-state index < -0.39 is 0 Å². The summed E-state index contributed by atoms with van der Waals surface area (Å²) in [5.74, 6) is 2.33. The number of thioether (sulfide) groups is 1. The van der Waals surface area contributed by atoms with Crippen LogP contribution in [-0.4, -0.2) is 45.3 Å². The van der Waals surface area contributed by atoms with Crippen molar-refractivity contribution in [1.29, 1.82) is 0 Å². The molecule has 0 bridgehead atoms. The first kappa shape index (κ1) is 28.5. The quantitative estimate of drug-likeness (QED) is 0.421. The van der Waals surface area contributed by atoms with Gasteiger partial charge in [0.15, 0.2) is 5.82 Å². The van der Waals surface area contributed by atoms with Crippen LogP contribution in [0.15, 0.2) is 61.5 Å². The number of nitrogens with two attached hydrogens (primary N) is 1. The number of aryl methyl sites for hydroxylation is 1. The Balaban J connectivity index is 0.000000803. The number of nitrogen functional groups attached to an aromatic ring is 1. The summed E-state index contributed by atoms with van der Waals surface area (Å²) in [6, 6.07) is 8.44. The van der Waals surface area contributed by atoms with Crippen molar-refractivity contribution in [3.8, 4) is 11.3 Å². The van der Waals surface area contributed by atoms with Gasteiger partial charge in [0.2, 0.25) is 0 Å². The third-order valence-corrected chi connectivity index (χ3v) is 6.78. The molecule has 3 unspecified atom stereocenters. The number of aliphatic hydroxyl groups is 1. The zero-order valence-corrected chi connectivity index (χ0v) is 22.3. The molecule has 1 fully saturated rings. The molecule has 1 saturated heterocycles. The van der Waals surface area contributed by atoms with Gasteiger partial charge >= 0.3 is 0 Å². The normalized spacial score (nSPS) is 20.3. The highest BCUT2D eigenvalue weighted by atomic mass is 32.2. The molecule has 0 saturated carbocycles. The number of anilines is 1. The number of hydrogen-bond donors (Lipinski definition) is 3. The molecule has 2 aromatic rings. The van der Waals surface area contributed by atoms with Crippen LogP contribution < -0.4 is 11.1 Å². The first-order valence-corrected chi connectivity index (χ1v) is 13.2. The molecule has 1 aromatic heterocycles. The van der Waals surface area contributed by atoms with Gasteiger partial charge in [0, 0.05) is 36.1 Å². The van der Waals surface area contributed by atoms with Crippen LogP contribution in [0.5, 0.6) is 0 Å². The van der Waals surface area contributed by atoms with E-state index in [2.05, 4.69) is 68.5 Å². The van der Waals surface area contributed by atoms with E-state index in [-0.39, 0.29) is 6.04 Å². The van der Waals surface area contributed by atoms with E-state index >= 15 is 0 Å². The number of aliphatic hydroxyl groups excluding tert-OH is 1. The number of benzene rings is 1. The van der Waals surface area contributed by atoms with Gasteiger partial charge in [0.25, 0.3) is 0 Å². The van der Waals surface area contributed by atoms with Crippen LogP contribution in [0, 0.1) is 6.92 Å². The molecular weight excluding hydrogens is 456 g/mol. The van der Waals surface area contributed by atoms with Gasteiger partial charge in [-0.25, -0.2) is 9.97 Å². The largest absolute Gasteiger partial charge is 0.494 e. The predicted molar refractivity (Wildman–Crippen MR) is 150 cm³/mol. The zero-order chi connectivity index (χ0) is 25.8. The molecule has 6 nitrogen and oxygen atoms in total. The molecule has 0 amide bonds.